The number of benzene rings is 1. The van der Waals surface area contributed by atoms with Crippen LogP contribution in [0.1, 0.15) is 24.5 Å². The van der Waals surface area contributed by atoms with E-state index in [-0.39, 0.29) is 12.3 Å². The van der Waals surface area contributed by atoms with Crippen LogP contribution in [0.15, 0.2) is 18.2 Å². The van der Waals surface area contributed by atoms with E-state index in [1.54, 1.807) is 19.1 Å². The van der Waals surface area contributed by atoms with Gasteiger partial charge in [0.1, 0.15) is 0 Å². The smallest absolute Gasteiger partial charge is 0.428 e. The third-order valence-electron chi connectivity index (χ3n) is 3.29. The number of esters is 1. The summed E-state index contributed by atoms with van der Waals surface area (Å²) in [6.45, 7) is 4.56. The fraction of sp³-hybridized carbons (Fsp3) is 0.467. The van der Waals surface area contributed by atoms with Crippen LogP contribution < -0.4 is 5.32 Å². The van der Waals surface area contributed by atoms with Gasteiger partial charge in [-0.25, -0.2) is 4.79 Å². The lowest BCUT2D eigenvalue weighted by Gasteiger charge is -2.27. The summed E-state index contributed by atoms with van der Waals surface area (Å²) in [5, 5.41) is 11.9. The van der Waals surface area contributed by atoms with Crippen molar-refractivity contribution in [3.8, 4) is 0 Å². The Morgan fingerprint density at radius 1 is 1.22 bits per heavy atom. The van der Waals surface area contributed by atoms with Crippen molar-refractivity contribution in [2.24, 2.45) is 0 Å². The Labute approximate surface area is 131 Å². The summed E-state index contributed by atoms with van der Waals surface area (Å²) in [7, 11) is 0. The Kier molecular flexibility index (Phi) is 5.76. The maximum atomic E-state index is 13.0. The van der Waals surface area contributed by atoms with Gasteiger partial charge in [0.25, 0.3) is 5.60 Å². The van der Waals surface area contributed by atoms with E-state index in [1.165, 1.54) is 13.0 Å². The molecule has 8 heteroatoms. The Bertz CT molecular complexity index is 601. The number of carbonyl (C=O) groups is 2. The molecule has 0 aliphatic heterocycles. The van der Waals surface area contributed by atoms with Gasteiger partial charge in [0.15, 0.2) is 0 Å². The summed E-state index contributed by atoms with van der Waals surface area (Å²) < 4.78 is 43.1. The number of alkyl halides is 3. The predicted octanol–water partition coefficient (Wildman–Crippen LogP) is 2.49. The third kappa shape index (κ3) is 4.44. The number of aryl methyl sites for hydroxylation is 2. The SMILES string of the molecule is CCOC(=O)[C@](O)(CC(=O)Nc1ccc(C)c(C)c1)C(F)(F)F. The van der Waals surface area contributed by atoms with Gasteiger partial charge in [-0.3, -0.25) is 4.79 Å². The summed E-state index contributed by atoms with van der Waals surface area (Å²) in [5.41, 5.74) is -1.83. The normalized spacial score (nSPS) is 14.0. The molecule has 1 aromatic rings. The summed E-state index contributed by atoms with van der Waals surface area (Å²) in [6.07, 6.45) is -6.82. The highest BCUT2D eigenvalue weighted by molar-refractivity contribution is 5.96. The van der Waals surface area contributed by atoms with Crippen molar-refractivity contribution in [2.45, 2.75) is 39.0 Å². The summed E-state index contributed by atoms with van der Waals surface area (Å²) in [5.74, 6) is -3.05. The van der Waals surface area contributed by atoms with Crippen molar-refractivity contribution >= 4 is 17.6 Å². The molecule has 0 aliphatic carbocycles. The highest BCUT2D eigenvalue weighted by Crippen LogP contribution is 2.34. The number of aliphatic hydroxyl groups is 1. The van der Waals surface area contributed by atoms with Crippen molar-refractivity contribution in [1.82, 2.24) is 0 Å². The number of amides is 1. The minimum Gasteiger partial charge on any atom is -0.464 e. The molecule has 0 saturated carbocycles. The average Bonchev–Trinajstić information content (AvgIpc) is 2.41. The molecule has 0 saturated heterocycles. The number of carbonyl (C=O) groups excluding carboxylic acids is 2. The van der Waals surface area contributed by atoms with Gasteiger partial charge >= 0.3 is 12.1 Å². The lowest BCUT2D eigenvalue weighted by Crippen LogP contribution is -2.54. The number of rotatable bonds is 5. The fourth-order valence-corrected chi connectivity index (χ4v) is 1.80. The molecule has 0 fully saturated rings. The first-order valence-corrected chi connectivity index (χ1v) is 6.84. The molecule has 0 heterocycles. The Hall–Kier alpha value is -2.09. The molecule has 5 nitrogen and oxygen atoms in total. The van der Waals surface area contributed by atoms with Crippen molar-refractivity contribution < 1.29 is 32.6 Å². The standard InChI is InChI=1S/C15H18F3NO4/c1-4-23-13(21)14(22,15(16,17)18)8-12(20)19-11-6-5-9(2)10(3)7-11/h5-7,22H,4,8H2,1-3H3,(H,19,20)/t14-/m1/s1. The fourth-order valence-electron chi connectivity index (χ4n) is 1.80. The number of halogens is 3. The monoisotopic (exact) mass is 333 g/mol. The van der Waals surface area contributed by atoms with Gasteiger partial charge < -0.3 is 15.2 Å². The molecule has 0 radical (unpaired) electrons. The summed E-state index contributed by atoms with van der Waals surface area (Å²) >= 11 is 0. The molecule has 1 rings (SSSR count). The first-order chi connectivity index (χ1) is 10.5. The van der Waals surface area contributed by atoms with Gasteiger partial charge in [0.2, 0.25) is 5.91 Å². The second kappa shape index (κ2) is 6.99. The van der Waals surface area contributed by atoms with Crippen LogP contribution in [0.2, 0.25) is 0 Å². The van der Waals surface area contributed by atoms with Crippen LogP contribution in [0.25, 0.3) is 0 Å². The molecule has 2 N–H and O–H groups in total. The van der Waals surface area contributed by atoms with Crippen molar-refractivity contribution in [3.05, 3.63) is 29.3 Å². The molecule has 0 bridgehead atoms. The summed E-state index contributed by atoms with van der Waals surface area (Å²) in [6, 6.07) is 4.77. The molecule has 0 spiro atoms. The maximum absolute atomic E-state index is 13.0. The van der Waals surface area contributed by atoms with Crippen LogP contribution >= 0.6 is 0 Å². The quantitative estimate of drug-likeness (QED) is 0.812. The van der Waals surface area contributed by atoms with E-state index in [2.05, 4.69) is 10.1 Å². The van der Waals surface area contributed by atoms with Gasteiger partial charge in [-0.05, 0) is 44.0 Å². The van der Waals surface area contributed by atoms with E-state index in [0.717, 1.165) is 11.1 Å². The highest BCUT2D eigenvalue weighted by atomic mass is 19.4. The maximum Gasteiger partial charge on any atom is 0.428 e. The first-order valence-electron chi connectivity index (χ1n) is 6.84. The van der Waals surface area contributed by atoms with Crippen molar-refractivity contribution in [1.29, 1.82) is 0 Å². The average molecular weight is 333 g/mol. The molecule has 0 aliphatic rings. The van der Waals surface area contributed by atoms with E-state index >= 15 is 0 Å². The van der Waals surface area contributed by atoms with Gasteiger partial charge in [-0.2, -0.15) is 13.2 Å². The van der Waals surface area contributed by atoms with E-state index in [4.69, 9.17) is 0 Å². The van der Waals surface area contributed by atoms with Gasteiger partial charge in [0.05, 0.1) is 13.0 Å². The predicted molar refractivity (Wildman–Crippen MR) is 76.8 cm³/mol. The number of nitrogens with one attached hydrogen (secondary N) is 1. The molecule has 1 amide bonds. The number of hydrogen-bond acceptors (Lipinski definition) is 4. The molecular weight excluding hydrogens is 315 g/mol. The molecule has 0 aromatic heterocycles. The van der Waals surface area contributed by atoms with Gasteiger partial charge in [0, 0.05) is 5.69 Å². The van der Waals surface area contributed by atoms with Gasteiger partial charge in [-0.1, -0.05) is 6.07 Å². The number of ether oxygens (including phenoxy) is 1. The number of anilines is 1. The molecule has 23 heavy (non-hydrogen) atoms. The summed E-state index contributed by atoms with van der Waals surface area (Å²) in [4.78, 5) is 23.2. The molecular formula is C15H18F3NO4. The minimum absolute atomic E-state index is 0.270. The van der Waals surface area contributed by atoms with E-state index in [0.29, 0.717) is 0 Å². The zero-order valence-electron chi connectivity index (χ0n) is 13.0. The van der Waals surface area contributed by atoms with Crippen LogP contribution in [-0.4, -0.2) is 35.4 Å². The Balaban J connectivity index is 2.93. The lowest BCUT2D eigenvalue weighted by molar-refractivity contribution is -0.262. The number of hydrogen-bond donors (Lipinski definition) is 2. The largest absolute Gasteiger partial charge is 0.464 e. The minimum atomic E-state index is -5.33. The zero-order chi connectivity index (χ0) is 17.8. The molecule has 1 atom stereocenters. The van der Waals surface area contributed by atoms with Crippen LogP contribution in [-0.2, 0) is 14.3 Å². The highest BCUT2D eigenvalue weighted by Gasteiger charge is 2.61. The molecule has 128 valence electrons. The topological polar surface area (TPSA) is 75.6 Å². The van der Waals surface area contributed by atoms with Crippen LogP contribution in [0.4, 0.5) is 18.9 Å². The van der Waals surface area contributed by atoms with E-state index in [1.807, 2.05) is 6.92 Å². The van der Waals surface area contributed by atoms with Crippen LogP contribution in [0.5, 0.6) is 0 Å². The Morgan fingerprint density at radius 2 is 1.83 bits per heavy atom. The van der Waals surface area contributed by atoms with Crippen molar-refractivity contribution in [3.63, 3.8) is 0 Å². The van der Waals surface area contributed by atoms with Crippen LogP contribution in [0, 0.1) is 13.8 Å². The Morgan fingerprint density at radius 3 is 2.30 bits per heavy atom. The van der Waals surface area contributed by atoms with E-state index in [9.17, 15) is 27.9 Å². The molecule has 0 unspecified atom stereocenters. The first kappa shape index (κ1) is 19.0. The third-order valence-corrected chi connectivity index (χ3v) is 3.29. The second-order valence-electron chi connectivity index (χ2n) is 5.10. The van der Waals surface area contributed by atoms with Crippen LogP contribution in [0.3, 0.4) is 0 Å². The zero-order valence-corrected chi connectivity index (χ0v) is 13.0. The lowest BCUT2D eigenvalue weighted by atomic mass is 9.98. The van der Waals surface area contributed by atoms with E-state index < -0.39 is 30.1 Å². The second-order valence-corrected chi connectivity index (χ2v) is 5.10. The van der Waals surface area contributed by atoms with Gasteiger partial charge in [-0.15, -0.1) is 0 Å². The molecule has 1 aromatic carbocycles. The van der Waals surface area contributed by atoms with Crippen molar-refractivity contribution in [2.75, 3.05) is 11.9 Å².